The van der Waals surface area contributed by atoms with Gasteiger partial charge >= 0.3 is 6.03 Å². The number of halogens is 7. The highest BCUT2D eigenvalue weighted by Gasteiger charge is 2.58. The molecule has 2 aromatic carbocycles. The molecular weight excluding hydrogens is 541 g/mol. The number of aliphatic hydroxyl groups is 1. The smallest absolute Gasteiger partial charge is 0.323 e. The van der Waals surface area contributed by atoms with E-state index in [0.29, 0.717) is 17.2 Å². The number of likely N-dealkylation sites (tertiary alicyclic amines) is 1. The van der Waals surface area contributed by atoms with Gasteiger partial charge in [-0.05, 0) is 0 Å². The van der Waals surface area contributed by atoms with Crippen molar-refractivity contribution in [2.45, 2.75) is 18.0 Å². The van der Waals surface area contributed by atoms with Crippen LogP contribution in [-0.2, 0) is 10.0 Å². The van der Waals surface area contributed by atoms with E-state index in [1.165, 1.54) is 0 Å². The molecule has 0 aliphatic carbocycles. The fraction of sp³-hybridized carbons (Fsp3) is 0.300. The van der Waals surface area contributed by atoms with Gasteiger partial charge in [-0.25, -0.2) is 48.7 Å². The maximum atomic E-state index is 14.8. The van der Waals surface area contributed by atoms with Gasteiger partial charge in [-0.15, -0.1) is 0 Å². The number of nitrogens with zero attached hydrogens (tertiary/aromatic N) is 2. The highest BCUT2D eigenvalue weighted by atomic mass is 32.2. The molecule has 1 aromatic heterocycles. The molecule has 4 rings (SSSR count). The number of carbonyl (C=O) groups excluding carboxylic acids is 1. The van der Waals surface area contributed by atoms with Crippen LogP contribution in [0, 0.1) is 29.1 Å². The zero-order chi connectivity index (χ0) is 27.4. The van der Waals surface area contributed by atoms with E-state index in [1.54, 1.807) is 4.72 Å². The molecule has 2 heterocycles. The fourth-order valence-electron chi connectivity index (χ4n) is 4.03. The van der Waals surface area contributed by atoms with Crippen LogP contribution in [0.3, 0.4) is 0 Å². The van der Waals surface area contributed by atoms with Crippen LogP contribution in [0.5, 0.6) is 0 Å². The Bertz CT molecular complexity index is 1490. The topological polar surface area (TPSA) is 125 Å². The summed E-state index contributed by atoms with van der Waals surface area (Å²) < 4.78 is 130. The number of aliphatic hydroxyl groups excluding tert-OH is 1. The molecule has 0 spiro atoms. The first kappa shape index (κ1) is 26.6. The average Bonchev–Trinajstić information content (AvgIpc) is 3.26. The van der Waals surface area contributed by atoms with Gasteiger partial charge in [0, 0.05) is 30.3 Å². The van der Waals surface area contributed by atoms with Crippen LogP contribution in [0.1, 0.15) is 0 Å². The van der Waals surface area contributed by atoms with Gasteiger partial charge in [-0.1, -0.05) is 5.16 Å². The Morgan fingerprint density at radius 2 is 1.76 bits per heavy atom. The standard InChI is InChI=1S/C20H15F7N4O5S/c1-37(34,35)30-12-5-31(13(6-32)20(12,26)27)19(33)28-18-15-11(36-29-18)4-10(24)17(25)16(15)14-8(22)2-7(21)3-9(14)23/h2-4,12-13,30,32H,5-6H2,1H3,(H,28,29,33)/t12-,13-/m1/s1. The Balaban J connectivity index is 1.79. The van der Waals surface area contributed by atoms with E-state index in [2.05, 4.69) is 5.16 Å². The van der Waals surface area contributed by atoms with Crippen LogP contribution >= 0.6 is 0 Å². The van der Waals surface area contributed by atoms with Crippen molar-refractivity contribution in [3.05, 3.63) is 47.3 Å². The van der Waals surface area contributed by atoms with Crippen molar-refractivity contribution in [3.63, 3.8) is 0 Å². The predicted octanol–water partition coefficient (Wildman–Crippen LogP) is 2.95. The predicted molar refractivity (Wildman–Crippen MR) is 113 cm³/mol. The summed E-state index contributed by atoms with van der Waals surface area (Å²) in [7, 11) is -4.17. The summed E-state index contributed by atoms with van der Waals surface area (Å²) in [5, 5.41) is 14.1. The first-order chi connectivity index (χ1) is 17.2. The summed E-state index contributed by atoms with van der Waals surface area (Å²) in [6.07, 6.45) is 0.601. The number of aromatic nitrogens is 1. The van der Waals surface area contributed by atoms with Crippen LogP contribution in [0.4, 0.5) is 41.3 Å². The van der Waals surface area contributed by atoms with Gasteiger partial charge in [-0.3, -0.25) is 5.32 Å². The number of alkyl halides is 2. The highest BCUT2D eigenvalue weighted by Crippen LogP contribution is 2.41. The molecule has 3 aromatic rings. The molecule has 37 heavy (non-hydrogen) atoms. The number of hydrogen-bond donors (Lipinski definition) is 3. The van der Waals surface area contributed by atoms with Gasteiger partial charge in [0.2, 0.25) is 10.0 Å². The van der Waals surface area contributed by atoms with Gasteiger partial charge in [-0.2, -0.15) is 0 Å². The molecule has 0 radical (unpaired) electrons. The van der Waals surface area contributed by atoms with Crippen molar-refractivity contribution in [2.24, 2.45) is 0 Å². The Morgan fingerprint density at radius 1 is 1.14 bits per heavy atom. The first-order valence-corrected chi connectivity index (χ1v) is 12.0. The fourth-order valence-corrected chi connectivity index (χ4v) is 4.78. The lowest BCUT2D eigenvalue weighted by atomic mass is 9.99. The lowest BCUT2D eigenvalue weighted by Gasteiger charge is -2.26. The maximum absolute atomic E-state index is 14.8. The number of fused-ring (bicyclic) bond motifs is 1. The lowest BCUT2D eigenvalue weighted by molar-refractivity contribution is -0.0557. The first-order valence-electron chi connectivity index (χ1n) is 10.1. The summed E-state index contributed by atoms with van der Waals surface area (Å²) >= 11 is 0. The average molecular weight is 556 g/mol. The van der Waals surface area contributed by atoms with Gasteiger partial charge in [0.05, 0.1) is 23.8 Å². The zero-order valence-electron chi connectivity index (χ0n) is 18.3. The second-order valence-corrected chi connectivity index (χ2v) is 9.87. The second-order valence-electron chi connectivity index (χ2n) is 8.09. The van der Waals surface area contributed by atoms with Gasteiger partial charge < -0.3 is 14.5 Å². The van der Waals surface area contributed by atoms with Crippen LogP contribution in [0.2, 0.25) is 0 Å². The molecule has 2 atom stereocenters. The normalized spacial score (nSPS) is 19.5. The van der Waals surface area contributed by atoms with E-state index in [9.17, 15) is 49.1 Å². The van der Waals surface area contributed by atoms with E-state index in [1.807, 2.05) is 5.32 Å². The number of benzene rings is 2. The molecule has 1 aliphatic rings. The van der Waals surface area contributed by atoms with E-state index in [4.69, 9.17) is 4.52 Å². The quantitative estimate of drug-likeness (QED) is 0.416. The molecule has 1 fully saturated rings. The third-order valence-corrected chi connectivity index (χ3v) is 6.30. The van der Waals surface area contributed by atoms with Crippen LogP contribution < -0.4 is 10.0 Å². The number of nitrogens with one attached hydrogen (secondary N) is 2. The van der Waals surface area contributed by atoms with Gasteiger partial charge in [0.15, 0.2) is 23.0 Å². The Kier molecular flexibility index (Phi) is 6.58. The Morgan fingerprint density at radius 3 is 2.32 bits per heavy atom. The van der Waals surface area contributed by atoms with Crippen molar-refractivity contribution in [1.82, 2.24) is 14.8 Å². The summed E-state index contributed by atoms with van der Waals surface area (Å²) in [4.78, 5) is 13.2. The largest absolute Gasteiger partial charge is 0.394 e. The highest BCUT2D eigenvalue weighted by molar-refractivity contribution is 7.88. The molecule has 0 bridgehead atoms. The summed E-state index contributed by atoms with van der Waals surface area (Å²) in [5.74, 6) is -12.9. The monoisotopic (exact) mass is 556 g/mol. The van der Waals surface area contributed by atoms with Crippen molar-refractivity contribution in [1.29, 1.82) is 0 Å². The molecular formula is C20H15F7N4O5S. The summed E-state index contributed by atoms with van der Waals surface area (Å²) in [6, 6.07) is -4.99. The van der Waals surface area contributed by atoms with E-state index >= 15 is 0 Å². The molecule has 0 saturated carbocycles. The van der Waals surface area contributed by atoms with E-state index in [-0.39, 0.29) is 12.1 Å². The third kappa shape index (κ3) is 4.69. The summed E-state index contributed by atoms with van der Waals surface area (Å²) in [6.45, 7) is -2.25. The molecule has 1 aliphatic heterocycles. The van der Waals surface area contributed by atoms with Crippen molar-refractivity contribution in [2.75, 3.05) is 24.7 Å². The number of carbonyl (C=O) groups is 1. The minimum absolute atomic E-state index is 0.188. The molecule has 2 amide bonds. The molecule has 9 nitrogen and oxygen atoms in total. The van der Waals surface area contributed by atoms with Crippen molar-refractivity contribution >= 4 is 32.8 Å². The summed E-state index contributed by atoms with van der Waals surface area (Å²) in [5.41, 5.74) is -3.02. The number of amides is 2. The zero-order valence-corrected chi connectivity index (χ0v) is 19.1. The van der Waals surface area contributed by atoms with Gasteiger partial charge in [0.1, 0.15) is 29.5 Å². The minimum Gasteiger partial charge on any atom is -0.394 e. The second kappa shape index (κ2) is 9.14. The third-order valence-electron chi connectivity index (χ3n) is 5.59. The number of rotatable bonds is 5. The van der Waals surface area contributed by atoms with Crippen LogP contribution in [0.15, 0.2) is 22.7 Å². The minimum atomic E-state index is -4.17. The SMILES string of the molecule is CS(=O)(=O)N[C@@H]1CN(C(=O)Nc2noc3cc(F)c(F)c(-c4c(F)cc(F)cc4F)c23)[C@H](CO)C1(F)F. The van der Waals surface area contributed by atoms with Crippen molar-refractivity contribution < 1.29 is 53.6 Å². The molecule has 17 heteroatoms. The number of anilines is 1. The van der Waals surface area contributed by atoms with E-state index in [0.717, 1.165) is 0 Å². The number of hydrogen-bond acceptors (Lipinski definition) is 6. The van der Waals surface area contributed by atoms with Gasteiger partial charge in [0.25, 0.3) is 5.92 Å². The number of urea groups is 1. The van der Waals surface area contributed by atoms with Crippen LogP contribution in [-0.4, -0.2) is 67.0 Å². The van der Waals surface area contributed by atoms with Crippen molar-refractivity contribution in [3.8, 4) is 11.1 Å². The maximum Gasteiger partial charge on any atom is 0.323 e. The van der Waals surface area contributed by atoms with Crippen LogP contribution in [0.25, 0.3) is 22.1 Å². The molecule has 200 valence electrons. The molecule has 3 N–H and O–H groups in total. The lowest BCUT2D eigenvalue weighted by Crippen LogP contribution is -2.51. The Hall–Kier alpha value is -3.44. The molecule has 1 saturated heterocycles. The van der Waals surface area contributed by atoms with E-state index < -0.39 is 104 Å². The molecule has 0 unspecified atom stereocenters. The Labute approximate surface area is 202 Å². The number of sulfonamides is 1.